The van der Waals surface area contributed by atoms with E-state index < -0.39 is 0 Å². The van der Waals surface area contributed by atoms with Gasteiger partial charge in [0.25, 0.3) is 0 Å². The van der Waals surface area contributed by atoms with Crippen LogP contribution in [0.1, 0.15) is 70.9 Å². The summed E-state index contributed by atoms with van der Waals surface area (Å²) in [4.78, 5) is 5.06. The van der Waals surface area contributed by atoms with Crippen LogP contribution in [-0.2, 0) is 5.41 Å². The summed E-state index contributed by atoms with van der Waals surface area (Å²) in [5.74, 6) is 2.05. The average molecular weight is 816 g/mol. The highest BCUT2D eigenvalue weighted by atomic mass is 16.3. The van der Waals surface area contributed by atoms with Crippen molar-refractivity contribution < 1.29 is 4.42 Å². The molecule has 4 unspecified atom stereocenters. The second kappa shape index (κ2) is 12.3. The van der Waals surface area contributed by atoms with E-state index in [1.54, 1.807) is 0 Å². The molecule has 5 aliphatic rings. The number of nitrogens with zero attached hydrogens (tertiary/aromatic N) is 1. The highest BCUT2D eigenvalue weighted by Gasteiger charge is 2.38. The van der Waals surface area contributed by atoms with Crippen molar-refractivity contribution in [3.8, 4) is 44.8 Å². The van der Waals surface area contributed by atoms with Gasteiger partial charge in [0.1, 0.15) is 5.52 Å². The minimum atomic E-state index is -0.178. The Kier molecular flexibility index (Phi) is 6.74. The molecule has 2 nitrogen and oxygen atoms in total. The molecular formula is C62H41NO. The first-order chi connectivity index (χ1) is 31.5. The molecule has 0 amide bonds. The van der Waals surface area contributed by atoms with E-state index in [4.69, 9.17) is 9.40 Å². The molecule has 0 radical (unpaired) electrons. The van der Waals surface area contributed by atoms with Crippen LogP contribution < -0.4 is 0 Å². The summed E-state index contributed by atoms with van der Waals surface area (Å²) in [6, 6.07) is 53.1. The largest absolute Gasteiger partial charge is 0.436 e. The van der Waals surface area contributed by atoms with Gasteiger partial charge in [0.15, 0.2) is 5.58 Å². The summed E-state index contributed by atoms with van der Waals surface area (Å²) in [5, 5.41) is 10.4. The fourth-order valence-corrected chi connectivity index (χ4v) is 13.0. The molecule has 300 valence electrons. The van der Waals surface area contributed by atoms with E-state index in [-0.39, 0.29) is 5.41 Å². The zero-order valence-corrected chi connectivity index (χ0v) is 35.6. The Morgan fingerprint density at radius 1 is 0.422 bits per heavy atom. The van der Waals surface area contributed by atoms with Crippen LogP contribution in [0.25, 0.3) is 99.0 Å². The molecule has 9 aromatic carbocycles. The van der Waals surface area contributed by atoms with Crippen molar-refractivity contribution >= 4 is 54.2 Å². The number of hydrogen-bond acceptors (Lipinski definition) is 2. The lowest BCUT2D eigenvalue weighted by Gasteiger charge is -2.25. The number of benzene rings is 9. The molecule has 0 saturated heterocycles. The molecule has 0 N–H and O–H groups in total. The van der Waals surface area contributed by atoms with Crippen molar-refractivity contribution in [3.63, 3.8) is 0 Å². The van der Waals surface area contributed by atoms with Crippen molar-refractivity contribution in [2.24, 2.45) is 0 Å². The summed E-state index contributed by atoms with van der Waals surface area (Å²) >= 11 is 0. The Morgan fingerprint density at radius 2 is 0.984 bits per heavy atom. The van der Waals surface area contributed by atoms with Gasteiger partial charge in [0.05, 0.1) is 0 Å². The number of hydrogen-bond donors (Lipinski definition) is 0. The van der Waals surface area contributed by atoms with Crippen LogP contribution in [0.4, 0.5) is 0 Å². The lowest BCUT2D eigenvalue weighted by atomic mass is 9.78. The molecule has 0 fully saturated rings. The standard InChI is InChI=1S/C62H41NO/c1-62(2)53-22-8-7-17-39(53)49-32-51-52(33-54(49)62)60(47-30-28-45-38-16-6-4-14-36(38)41-19-12-21-43(47)58(41)45)50-31-34(61-63-55-23-9-10-24-56(55)64-61)25-26-48(50)59(51)46-29-27-44-37-15-5-3-13-35(37)40-18-11-20-42(46)57(40)44/h3-33,35-38H,1-2H3. The fraction of sp³-hybridized carbons (Fsp3) is 0.113. The summed E-state index contributed by atoms with van der Waals surface area (Å²) in [7, 11) is 0. The van der Waals surface area contributed by atoms with Crippen LogP contribution in [0, 0.1) is 0 Å². The van der Waals surface area contributed by atoms with Gasteiger partial charge in [-0.1, -0.05) is 166 Å². The van der Waals surface area contributed by atoms with Gasteiger partial charge >= 0.3 is 0 Å². The molecule has 4 atom stereocenters. The molecule has 2 heteroatoms. The summed E-state index contributed by atoms with van der Waals surface area (Å²) in [6.07, 6.45) is 18.5. The number of para-hydroxylation sites is 2. The topological polar surface area (TPSA) is 26.0 Å². The van der Waals surface area contributed by atoms with E-state index in [9.17, 15) is 0 Å². The molecule has 64 heavy (non-hydrogen) atoms. The fourth-order valence-electron chi connectivity index (χ4n) is 13.0. The van der Waals surface area contributed by atoms with E-state index in [1.165, 1.54) is 110 Å². The summed E-state index contributed by atoms with van der Waals surface area (Å²) in [5.41, 5.74) is 18.7. The quantitative estimate of drug-likeness (QED) is 0.166. The van der Waals surface area contributed by atoms with E-state index in [1.807, 2.05) is 24.3 Å². The first-order valence-electron chi connectivity index (χ1n) is 22.9. The van der Waals surface area contributed by atoms with Crippen LogP contribution in [0.2, 0.25) is 0 Å². The van der Waals surface area contributed by atoms with E-state index >= 15 is 0 Å². The zero-order chi connectivity index (χ0) is 42.0. The molecular weight excluding hydrogens is 775 g/mol. The van der Waals surface area contributed by atoms with Crippen molar-refractivity contribution in [3.05, 3.63) is 222 Å². The lowest BCUT2D eigenvalue weighted by Crippen LogP contribution is -2.14. The Labute approximate surface area is 371 Å². The van der Waals surface area contributed by atoms with Crippen molar-refractivity contribution in [1.82, 2.24) is 4.98 Å². The molecule has 1 heterocycles. The van der Waals surface area contributed by atoms with Gasteiger partial charge in [-0.05, 0) is 146 Å². The normalized spacial score (nSPS) is 20.2. The zero-order valence-electron chi connectivity index (χ0n) is 35.6. The number of aromatic nitrogens is 1. The maximum Gasteiger partial charge on any atom is 0.227 e. The molecule has 0 saturated carbocycles. The predicted molar refractivity (Wildman–Crippen MR) is 265 cm³/mol. The van der Waals surface area contributed by atoms with E-state index in [0.717, 1.165) is 16.7 Å². The van der Waals surface area contributed by atoms with Crippen molar-refractivity contribution in [1.29, 1.82) is 0 Å². The second-order valence-corrected chi connectivity index (χ2v) is 19.2. The van der Waals surface area contributed by atoms with Crippen LogP contribution in [0.5, 0.6) is 0 Å². The predicted octanol–water partition coefficient (Wildman–Crippen LogP) is 16.4. The monoisotopic (exact) mass is 815 g/mol. The van der Waals surface area contributed by atoms with Gasteiger partial charge in [-0.3, -0.25) is 0 Å². The number of oxazole rings is 1. The van der Waals surface area contributed by atoms with Crippen LogP contribution in [0.15, 0.2) is 193 Å². The Morgan fingerprint density at radius 3 is 1.64 bits per heavy atom. The highest BCUT2D eigenvalue weighted by Crippen LogP contribution is 2.58. The molecule has 15 rings (SSSR count). The van der Waals surface area contributed by atoms with Crippen LogP contribution in [0.3, 0.4) is 0 Å². The van der Waals surface area contributed by atoms with Gasteiger partial charge in [-0.25, -0.2) is 4.98 Å². The Hall–Kier alpha value is -7.55. The molecule has 0 bridgehead atoms. The van der Waals surface area contributed by atoms with Gasteiger partial charge in [0, 0.05) is 34.7 Å². The van der Waals surface area contributed by atoms with E-state index in [2.05, 4.69) is 178 Å². The third-order valence-electron chi connectivity index (χ3n) is 15.8. The molecule has 10 aromatic rings. The minimum Gasteiger partial charge on any atom is -0.436 e. The van der Waals surface area contributed by atoms with Crippen LogP contribution >= 0.6 is 0 Å². The van der Waals surface area contributed by atoms with Gasteiger partial charge < -0.3 is 4.42 Å². The second-order valence-electron chi connectivity index (χ2n) is 19.2. The van der Waals surface area contributed by atoms with Gasteiger partial charge in [-0.15, -0.1) is 0 Å². The first-order valence-corrected chi connectivity index (χ1v) is 22.9. The Balaban J connectivity index is 1.12. The molecule has 1 aromatic heterocycles. The molecule has 0 aliphatic heterocycles. The van der Waals surface area contributed by atoms with Gasteiger partial charge in [-0.2, -0.15) is 0 Å². The maximum atomic E-state index is 6.54. The number of rotatable bonds is 3. The van der Waals surface area contributed by atoms with Crippen LogP contribution in [-0.4, -0.2) is 4.98 Å². The van der Waals surface area contributed by atoms with E-state index in [0.29, 0.717) is 29.6 Å². The van der Waals surface area contributed by atoms with Crippen molar-refractivity contribution in [2.45, 2.75) is 42.9 Å². The third kappa shape index (κ3) is 4.43. The summed E-state index contributed by atoms with van der Waals surface area (Å²) < 4.78 is 6.54. The molecule has 0 spiro atoms. The smallest absolute Gasteiger partial charge is 0.227 e. The third-order valence-corrected chi connectivity index (χ3v) is 15.8. The van der Waals surface area contributed by atoms with Gasteiger partial charge in [0.2, 0.25) is 5.89 Å². The number of allylic oxidation sites excluding steroid dienone is 8. The lowest BCUT2D eigenvalue weighted by molar-refractivity contribution is 0.620. The average Bonchev–Trinajstić information content (AvgIpc) is 4.07. The first kappa shape index (κ1) is 35.0. The summed E-state index contributed by atoms with van der Waals surface area (Å²) in [6.45, 7) is 4.81. The highest BCUT2D eigenvalue weighted by molar-refractivity contribution is 6.27. The minimum absolute atomic E-state index is 0.178. The van der Waals surface area contributed by atoms with Crippen molar-refractivity contribution in [2.75, 3.05) is 0 Å². The SMILES string of the molecule is CC1(C)c2ccccc2-c2cc3c(-c4ccc5c6c(cccc46)C4C=CC=CC54)c4ccc(-c5nc6ccccc6o5)cc4c(-c4ccc5c6c(cccc46)C4C=CC=CC54)c3cc21. The Bertz CT molecular complexity index is 3820. The maximum absolute atomic E-state index is 6.54. The number of fused-ring (bicyclic) bond motifs is 12. The molecule has 5 aliphatic carbocycles.